The van der Waals surface area contributed by atoms with E-state index in [4.69, 9.17) is 8.83 Å². The van der Waals surface area contributed by atoms with Crippen molar-refractivity contribution in [3.8, 4) is 22.3 Å². The van der Waals surface area contributed by atoms with Gasteiger partial charge in [0.15, 0.2) is 0 Å². The van der Waals surface area contributed by atoms with Gasteiger partial charge in [-0.3, -0.25) is 0 Å². The topological polar surface area (TPSA) is 29.5 Å². The molecule has 0 atom stereocenters. The Balaban J connectivity index is 1.18. The maximum absolute atomic E-state index is 6.78. The second-order valence-electron chi connectivity index (χ2n) is 13.7. The normalized spacial score (nSPS) is 11.8. The zero-order valence-electron chi connectivity index (χ0n) is 28.7. The van der Waals surface area contributed by atoms with Crippen LogP contribution in [-0.4, -0.2) is 0 Å². The first kappa shape index (κ1) is 29.6. The molecule has 9 aromatic carbocycles. The van der Waals surface area contributed by atoms with E-state index in [1.807, 2.05) is 0 Å². The molecule has 3 nitrogen and oxygen atoms in total. The number of rotatable bonds is 5. The minimum Gasteiger partial charge on any atom is -0.455 e. The van der Waals surface area contributed by atoms with Crippen LogP contribution >= 0.6 is 0 Å². The van der Waals surface area contributed by atoms with Crippen molar-refractivity contribution in [1.82, 2.24) is 0 Å². The Hall–Kier alpha value is -7.10. The molecule has 0 aliphatic heterocycles. The van der Waals surface area contributed by atoms with Gasteiger partial charge in [-0.25, -0.2) is 0 Å². The van der Waals surface area contributed by atoms with Crippen LogP contribution < -0.4 is 4.90 Å². The average Bonchev–Trinajstić information content (AvgIpc) is 3.80. The monoisotopic (exact) mass is 677 g/mol. The minimum absolute atomic E-state index is 0.851. The van der Waals surface area contributed by atoms with Crippen molar-refractivity contribution in [1.29, 1.82) is 0 Å². The third kappa shape index (κ3) is 4.68. The quantitative estimate of drug-likeness (QED) is 0.182. The molecule has 0 spiro atoms. The smallest absolute Gasteiger partial charge is 0.143 e. The first-order chi connectivity index (χ1) is 26.3. The van der Waals surface area contributed by atoms with Crippen molar-refractivity contribution in [3.05, 3.63) is 188 Å². The summed E-state index contributed by atoms with van der Waals surface area (Å²) in [5.41, 5.74) is 11.1. The summed E-state index contributed by atoms with van der Waals surface area (Å²) in [4.78, 5) is 2.38. The lowest BCUT2D eigenvalue weighted by Gasteiger charge is -2.28. The number of benzene rings is 9. The largest absolute Gasteiger partial charge is 0.455 e. The number of hydrogen-bond acceptors (Lipinski definition) is 3. The molecule has 11 rings (SSSR count). The van der Waals surface area contributed by atoms with E-state index in [1.165, 1.54) is 21.9 Å². The zero-order chi connectivity index (χ0) is 34.9. The van der Waals surface area contributed by atoms with Crippen LogP contribution in [0.5, 0.6) is 0 Å². The fraction of sp³-hybridized carbons (Fsp3) is 0. The van der Waals surface area contributed by atoms with Gasteiger partial charge < -0.3 is 13.7 Å². The van der Waals surface area contributed by atoms with Crippen molar-refractivity contribution < 1.29 is 8.83 Å². The maximum Gasteiger partial charge on any atom is 0.143 e. The Labute approximate surface area is 305 Å². The molecular formula is C50H31NO2. The predicted octanol–water partition coefficient (Wildman–Crippen LogP) is 14.6. The molecule has 0 aliphatic carbocycles. The molecule has 0 unspecified atom stereocenters. The Bertz CT molecular complexity index is 3170. The number of para-hydroxylation sites is 2. The molecule has 0 aliphatic rings. The van der Waals surface area contributed by atoms with Gasteiger partial charge in [0, 0.05) is 38.4 Å². The van der Waals surface area contributed by atoms with Gasteiger partial charge in [-0.1, -0.05) is 140 Å². The van der Waals surface area contributed by atoms with Gasteiger partial charge in [0.05, 0.1) is 16.8 Å². The zero-order valence-corrected chi connectivity index (χ0v) is 28.7. The molecule has 0 saturated carbocycles. The summed E-state index contributed by atoms with van der Waals surface area (Å²) in [6.45, 7) is 0. The Morgan fingerprint density at radius 2 is 0.981 bits per heavy atom. The number of furan rings is 2. The molecule has 0 amide bonds. The standard InChI is InChI=1S/C50H31NO2/c1-2-12-32(13-3-1)33-24-27-37(28-25-33)51(45-22-11-23-46-48(45)42-29-26-34-14-6-7-17-38(34)49(42)52-46)44-21-9-8-18-39(44)40-19-10-20-41-43-30-35-15-4-5-16-36(35)31-47(43)53-50(40)41/h1-31H. The Kier molecular flexibility index (Phi) is 6.55. The maximum atomic E-state index is 6.78. The summed E-state index contributed by atoms with van der Waals surface area (Å²) >= 11 is 0. The second-order valence-corrected chi connectivity index (χ2v) is 13.7. The fourth-order valence-corrected chi connectivity index (χ4v) is 8.15. The van der Waals surface area contributed by atoms with E-state index < -0.39 is 0 Å². The number of hydrogen-bond donors (Lipinski definition) is 0. The lowest BCUT2D eigenvalue weighted by molar-refractivity contribution is 0.670. The van der Waals surface area contributed by atoms with Crippen molar-refractivity contribution in [3.63, 3.8) is 0 Å². The van der Waals surface area contributed by atoms with E-state index in [2.05, 4.69) is 193 Å². The molecule has 2 heterocycles. The van der Waals surface area contributed by atoms with E-state index in [1.54, 1.807) is 0 Å². The Morgan fingerprint density at radius 3 is 1.85 bits per heavy atom. The lowest BCUT2D eigenvalue weighted by Crippen LogP contribution is -2.11. The summed E-state index contributed by atoms with van der Waals surface area (Å²) in [7, 11) is 0. The van der Waals surface area contributed by atoms with Crippen molar-refractivity contribution in [2.75, 3.05) is 4.90 Å². The van der Waals surface area contributed by atoms with E-state index in [9.17, 15) is 0 Å². The van der Waals surface area contributed by atoms with Crippen molar-refractivity contribution in [2.24, 2.45) is 0 Å². The average molecular weight is 678 g/mol. The van der Waals surface area contributed by atoms with E-state index >= 15 is 0 Å². The summed E-state index contributed by atoms with van der Waals surface area (Å²) < 4.78 is 13.5. The molecule has 0 saturated heterocycles. The molecule has 0 N–H and O–H groups in total. The van der Waals surface area contributed by atoms with Crippen LogP contribution in [0.3, 0.4) is 0 Å². The first-order valence-corrected chi connectivity index (χ1v) is 18.0. The van der Waals surface area contributed by atoms with Crippen LogP contribution in [0.1, 0.15) is 0 Å². The van der Waals surface area contributed by atoms with Crippen molar-refractivity contribution >= 4 is 82.5 Å². The highest BCUT2D eigenvalue weighted by atomic mass is 16.3. The number of anilines is 3. The number of nitrogens with zero attached hydrogens (tertiary/aromatic N) is 1. The first-order valence-electron chi connectivity index (χ1n) is 18.0. The van der Waals surface area contributed by atoms with Crippen LogP contribution in [0.25, 0.3) is 87.7 Å². The van der Waals surface area contributed by atoms with Gasteiger partial charge in [-0.2, -0.15) is 0 Å². The molecule has 11 aromatic rings. The van der Waals surface area contributed by atoms with Gasteiger partial charge in [-0.15, -0.1) is 0 Å². The van der Waals surface area contributed by atoms with E-state index in [-0.39, 0.29) is 0 Å². The second kappa shape index (κ2) is 11.7. The molecule has 0 radical (unpaired) electrons. The third-order valence-corrected chi connectivity index (χ3v) is 10.6. The predicted molar refractivity (Wildman–Crippen MR) is 222 cm³/mol. The highest BCUT2D eigenvalue weighted by molar-refractivity contribution is 6.20. The van der Waals surface area contributed by atoms with Crippen LogP contribution in [-0.2, 0) is 0 Å². The van der Waals surface area contributed by atoms with Crippen LogP contribution in [0.2, 0.25) is 0 Å². The molecule has 2 aromatic heterocycles. The van der Waals surface area contributed by atoms with Crippen LogP contribution in [0.15, 0.2) is 197 Å². The molecule has 53 heavy (non-hydrogen) atoms. The van der Waals surface area contributed by atoms with Crippen LogP contribution in [0.4, 0.5) is 17.1 Å². The highest BCUT2D eigenvalue weighted by Gasteiger charge is 2.24. The van der Waals surface area contributed by atoms with Crippen LogP contribution in [0, 0.1) is 0 Å². The molecule has 0 bridgehead atoms. The molecule has 3 heteroatoms. The van der Waals surface area contributed by atoms with Gasteiger partial charge in [-0.05, 0) is 75.8 Å². The van der Waals surface area contributed by atoms with Gasteiger partial charge >= 0.3 is 0 Å². The summed E-state index contributed by atoms with van der Waals surface area (Å²) in [6, 6.07) is 66.7. The number of fused-ring (bicyclic) bond motifs is 9. The van der Waals surface area contributed by atoms with Crippen molar-refractivity contribution in [2.45, 2.75) is 0 Å². The summed E-state index contributed by atoms with van der Waals surface area (Å²) in [5.74, 6) is 0. The molecule has 0 fully saturated rings. The summed E-state index contributed by atoms with van der Waals surface area (Å²) in [6.07, 6.45) is 0. The van der Waals surface area contributed by atoms with E-state index in [0.29, 0.717) is 0 Å². The summed E-state index contributed by atoms with van der Waals surface area (Å²) in [5, 5.41) is 9.01. The van der Waals surface area contributed by atoms with Gasteiger partial charge in [0.25, 0.3) is 0 Å². The lowest BCUT2D eigenvalue weighted by atomic mass is 9.98. The molecular weight excluding hydrogens is 647 g/mol. The molecule has 248 valence electrons. The Morgan fingerprint density at radius 1 is 0.340 bits per heavy atom. The van der Waals surface area contributed by atoms with E-state index in [0.717, 1.165) is 82.8 Å². The van der Waals surface area contributed by atoms with Gasteiger partial charge in [0.1, 0.15) is 22.3 Å². The minimum atomic E-state index is 0.851. The third-order valence-electron chi connectivity index (χ3n) is 10.6. The van der Waals surface area contributed by atoms with Gasteiger partial charge in [0.2, 0.25) is 0 Å². The fourth-order valence-electron chi connectivity index (χ4n) is 8.15. The highest BCUT2D eigenvalue weighted by Crippen LogP contribution is 2.48. The SMILES string of the molecule is c1ccc(-c2ccc(N(c3ccccc3-c3cccc4c3oc3cc5ccccc5cc34)c3cccc4oc5c6ccccc6ccc5c34)cc2)cc1.